The number of ether oxygens (including phenoxy) is 1. The fraction of sp³-hybridized carbons (Fsp3) is 0.200. The minimum atomic E-state index is -0.478. The number of hydrogen-bond acceptors (Lipinski definition) is 4. The van der Waals surface area contributed by atoms with Gasteiger partial charge in [0.15, 0.2) is 0 Å². The summed E-state index contributed by atoms with van der Waals surface area (Å²) in [7, 11) is 1.62. The third kappa shape index (κ3) is 4.18. The van der Waals surface area contributed by atoms with Gasteiger partial charge in [-0.2, -0.15) is 0 Å². The average molecular weight is 307 g/mol. The summed E-state index contributed by atoms with van der Waals surface area (Å²) in [6.07, 6.45) is 0. The lowest BCUT2D eigenvalue weighted by Crippen LogP contribution is -2.12. The molecule has 2 aromatic carbocycles. The predicted molar refractivity (Wildman–Crippen MR) is 81.6 cm³/mol. The summed E-state index contributed by atoms with van der Waals surface area (Å²) in [5.41, 5.74) is 1.82. The molecule has 0 atom stereocenters. The first-order valence-corrected chi connectivity index (χ1v) is 6.74. The van der Waals surface area contributed by atoms with Crippen LogP contribution in [0.4, 0.5) is 5.69 Å². The maximum Gasteiger partial charge on any atom is 0.288 e. The highest BCUT2D eigenvalue weighted by Crippen LogP contribution is 2.25. The van der Waals surface area contributed by atoms with Crippen LogP contribution in [0.3, 0.4) is 0 Å². The second kappa shape index (κ2) is 7.06. The molecular formula is C15H15ClN2O3. The van der Waals surface area contributed by atoms with Gasteiger partial charge in [0, 0.05) is 19.2 Å². The van der Waals surface area contributed by atoms with E-state index in [-0.39, 0.29) is 10.7 Å². The molecule has 21 heavy (non-hydrogen) atoms. The fourth-order valence-corrected chi connectivity index (χ4v) is 2.13. The first kappa shape index (κ1) is 15.3. The maximum atomic E-state index is 10.8. The van der Waals surface area contributed by atoms with Crippen LogP contribution in [-0.2, 0) is 13.1 Å². The molecule has 0 aliphatic carbocycles. The van der Waals surface area contributed by atoms with Crippen molar-refractivity contribution in [2.24, 2.45) is 0 Å². The van der Waals surface area contributed by atoms with Gasteiger partial charge < -0.3 is 10.1 Å². The molecule has 0 saturated heterocycles. The Labute approximate surface area is 127 Å². The highest BCUT2D eigenvalue weighted by atomic mass is 35.5. The Hall–Kier alpha value is -2.11. The molecule has 2 rings (SSSR count). The molecule has 0 unspecified atom stereocenters. The molecule has 6 heteroatoms. The summed E-state index contributed by atoms with van der Waals surface area (Å²) in [5.74, 6) is 0.802. The number of hydrogen-bond donors (Lipinski definition) is 1. The van der Waals surface area contributed by atoms with E-state index in [2.05, 4.69) is 5.32 Å². The van der Waals surface area contributed by atoms with Gasteiger partial charge in [-0.15, -0.1) is 0 Å². The normalized spacial score (nSPS) is 10.4. The standard InChI is InChI=1S/C15H15ClN2O3/c1-21-13-4-2-3-11(7-13)9-17-10-12-5-6-14(16)15(8-12)18(19)20/h2-8,17H,9-10H2,1H3. The summed E-state index contributed by atoms with van der Waals surface area (Å²) in [4.78, 5) is 10.3. The van der Waals surface area contributed by atoms with E-state index in [4.69, 9.17) is 16.3 Å². The van der Waals surface area contributed by atoms with Gasteiger partial charge in [0.25, 0.3) is 5.69 Å². The van der Waals surface area contributed by atoms with E-state index in [0.717, 1.165) is 16.9 Å². The van der Waals surface area contributed by atoms with Crippen molar-refractivity contribution in [3.05, 3.63) is 68.7 Å². The number of nitro groups is 1. The second-order valence-electron chi connectivity index (χ2n) is 4.50. The molecule has 110 valence electrons. The van der Waals surface area contributed by atoms with E-state index < -0.39 is 4.92 Å². The molecule has 0 fully saturated rings. The SMILES string of the molecule is COc1cccc(CNCc2ccc(Cl)c([N+](=O)[O-])c2)c1. The van der Waals surface area contributed by atoms with Crippen molar-refractivity contribution in [3.63, 3.8) is 0 Å². The first-order valence-electron chi connectivity index (χ1n) is 6.36. The molecule has 0 aliphatic heterocycles. The fourth-order valence-electron chi connectivity index (χ4n) is 1.94. The van der Waals surface area contributed by atoms with Gasteiger partial charge in [-0.3, -0.25) is 10.1 Å². The van der Waals surface area contributed by atoms with Crippen LogP contribution in [-0.4, -0.2) is 12.0 Å². The molecule has 0 saturated carbocycles. The van der Waals surface area contributed by atoms with Crippen LogP contribution in [0.2, 0.25) is 5.02 Å². The van der Waals surface area contributed by atoms with E-state index in [9.17, 15) is 10.1 Å². The van der Waals surface area contributed by atoms with Crippen molar-refractivity contribution < 1.29 is 9.66 Å². The van der Waals surface area contributed by atoms with E-state index in [1.54, 1.807) is 19.2 Å². The minimum Gasteiger partial charge on any atom is -0.497 e. The molecule has 0 amide bonds. The number of rotatable bonds is 6. The monoisotopic (exact) mass is 306 g/mol. The van der Waals surface area contributed by atoms with Gasteiger partial charge in [0.05, 0.1) is 12.0 Å². The minimum absolute atomic E-state index is 0.0719. The van der Waals surface area contributed by atoms with E-state index in [0.29, 0.717) is 13.1 Å². The maximum absolute atomic E-state index is 10.8. The van der Waals surface area contributed by atoms with E-state index in [1.807, 2.05) is 24.3 Å². The van der Waals surface area contributed by atoms with Crippen molar-refractivity contribution in [2.45, 2.75) is 13.1 Å². The lowest BCUT2D eigenvalue weighted by molar-refractivity contribution is -0.384. The van der Waals surface area contributed by atoms with Crippen molar-refractivity contribution >= 4 is 17.3 Å². The zero-order valence-electron chi connectivity index (χ0n) is 11.5. The van der Waals surface area contributed by atoms with Crippen molar-refractivity contribution in [1.82, 2.24) is 5.32 Å². The smallest absolute Gasteiger partial charge is 0.288 e. The number of methoxy groups -OCH3 is 1. The van der Waals surface area contributed by atoms with Crippen LogP contribution in [0, 0.1) is 10.1 Å². The van der Waals surface area contributed by atoms with E-state index >= 15 is 0 Å². The van der Waals surface area contributed by atoms with Crippen LogP contribution < -0.4 is 10.1 Å². The first-order chi connectivity index (χ1) is 10.1. The Morgan fingerprint density at radius 3 is 2.57 bits per heavy atom. The van der Waals surface area contributed by atoms with Gasteiger partial charge in [0.2, 0.25) is 0 Å². The molecule has 0 spiro atoms. The zero-order chi connectivity index (χ0) is 15.2. The number of nitro benzene ring substituents is 1. The Bertz CT molecular complexity index is 647. The molecule has 1 N–H and O–H groups in total. The van der Waals surface area contributed by atoms with Crippen LogP contribution >= 0.6 is 11.6 Å². The van der Waals surface area contributed by atoms with Crippen molar-refractivity contribution in [3.8, 4) is 5.75 Å². The van der Waals surface area contributed by atoms with E-state index in [1.165, 1.54) is 6.07 Å². The average Bonchev–Trinajstić information content (AvgIpc) is 2.49. The van der Waals surface area contributed by atoms with Crippen molar-refractivity contribution in [1.29, 1.82) is 0 Å². The zero-order valence-corrected chi connectivity index (χ0v) is 12.3. The van der Waals surface area contributed by atoms with Gasteiger partial charge in [0.1, 0.15) is 10.8 Å². The lowest BCUT2D eigenvalue weighted by atomic mass is 10.2. The van der Waals surface area contributed by atoms with Crippen LogP contribution in [0.25, 0.3) is 0 Å². The van der Waals surface area contributed by atoms with Crippen LogP contribution in [0.15, 0.2) is 42.5 Å². The summed E-state index contributed by atoms with van der Waals surface area (Å²) in [6, 6.07) is 12.5. The Morgan fingerprint density at radius 1 is 1.19 bits per heavy atom. The molecule has 0 bridgehead atoms. The third-order valence-electron chi connectivity index (χ3n) is 3.00. The predicted octanol–water partition coefficient (Wildman–Crippen LogP) is 3.55. The van der Waals surface area contributed by atoms with Crippen LogP contribution in [0.5, 0.6) is 5.75 Å². The van der Waals surface area contributed by atoms with Gasteiger partial charge in [-0.05, 0) is 29.3 Å². The Kier molecular flexibility index (Phi) is 5.14. The molecule has 0 radical (unpaired) electrons. The highest BCUT2D eigenvalue weighted by molar-refractivity contribution is 6.32. The third-order valence-corrected chi connectivity index (χ3v) is 3.32. The quantitative estimate of drug-likeness (QED) is 0.655. The van der Waals surface area contributed by atoms with Gasteiger partial charge >= 0.3 is 0 Å². The lowest BCUT2D eigenvalue weighted by Gasteiger charge is -2.07. The summed E-state index contributed by atoms with van der Waals surface area (Å²) in [6.45, 7) is 1.17. The highest BCUT2D eigenvalue weighted by Gasteiger charge is 2.12. The molecule has 2 aromatic rings. The number of nitrogens with one attached hydrogen (secondary N) is 1. The topological polar surface area (TPSA) is 64.4 Å². The summed E-state index contributed by atoms with van der Waals surface area (Å²) < 4.78 is 5.16. The summed E-state index contributed by atoms with van der Waals surface area (Å²) >= 11 is 5.78. The largest absolute Gasteiger partial charge is 0.497 e. The van der Waals surface area contributed by atoms with Crippen LogP contribution in [0.1, 0.15) is 11.1 Å². The number of nitrogens with zero attached hydrogens (tertiary/aromatic N) is 1. The molecular weight excluding hydrogens is 292 g/mol. The summed E-state index contributed by atoms with van der Waals surface area (Å²) in [5, 5.41) is 14.2. The Balaban J connectivity index is 1.97. The molecule has 0 aliphatic rings. The van der Waals surface area contributed by atoms with Crippen molar-refractivity contribution in [2.75, 3.05) is 7.11 Å². The number of halogens is 1. The second-order valence-corrected chi connectivity index (χ2v) is 4.91. The molecule has 0 aromatic heterocycles. The molecule has 0 heterocycles. The Morgan fingerprint density at radius 2 is 1.90 bits per heavy atom. The molecule has 5 nitrogen and oxygen atoms in total. The van der Waals surface area contributed by atoms with Gasteiger partial charge in [-0.25, -0.2) is 0 Å². The number of benzene rings is 2. The van der Waals surface area contributed by atoms with Gasteiger partial charge in [-0.1, -0.05) is 29.8 Å².